The van der Waals surface area contributed by atoms with Gasteiger partial charge in [0.1, 0.15) is 0 Å². The SMILES string of the molecule is CC[Si](CC)(CCCN=C=O)OC(C)C. The van der Waals surface area contributed by atoms with E-state index in [0.29, 0.717) is 12.6 Å². The van der Waals surface area contributed by atoms with Crippen LogP contribution in [0.15, 0.2) is 4.99 Å². The van der Waals surface area contributed by atoms with Crippen LogP contribution in [0.1, 0.15) is 34.1 Å². The summed E-state index contributed by atoms with van der Waals surface area (Å²) in [7, 11) is -1.55. The lowest BCUT2D eigenvalue weighted by Gasteiger charge is -2.31. The van der Waals surface area contributed by atoms with Crippen LogP contribution in [0.3, 0.4) is 0 Å². The molecule has 0 rings (SSSR count). The van der Waals surface area contributed by atoms with Gasteiger partial charge in [-0.1, -0.05) is 13.8 Å². The highest BCUT2D eigenvalue weighted by molar-refractivity contribution is 6.73. The summed E-state index contributed by atoms with van der Waals surface area (Å²) >= 11 is 0. The average molecular weight is 229 g/mol. The van der Waals surface area contributed by atoms with Gasteiger partial charge < -0.3 is 4.43 Å². The van der Waals surface area contributed by atoms with Crippen molar-refractivity contribution in [1.82, 2.24) is 0 Å². The molecule has 0 saturated carbocycles. The summed E-state index contributed by atoms with van der Waals surface area (Å²) in [5, 5.41) is 0. The van der Waals surface area contributed by atoms with Gasteiger partial charge in [0.05, 0.1) is 6.54 Å². The van der Waals surface area contributed by atoms with Crippen LogP contribution in [0.5, 0.6) is 0 Å². The van der Waals surface area contributed by atoms with Crippen molar-refractivity contribution >= 4 is 14.4 Å². The van der Waals surface area contributed by atoms with E-state index in [1.54, 1.807) is 6.08 Å². The maximum atomic E-state index is 9.93. The van der Waals surface area contributed by atoms with E-state index in [0.717, 1.165) is 24.6 Å². The van der Waals surface area contributed by atoms with Gasteiger partial charge in [0.25, 0.3) is 0 Å². The van der Waals surface area contributed by atoms with Gasteiger partial charge in [0, 0.05) is 6.10 Å². The Bertz CT molecular complexity index is 209. The molecular formula is C11H23NO2Si. The van der Waals surface area contributed by atoms with Crippen LogP contribution < -0.4 is 0 Å². The summed E-state index contributed by atoms with van der Waals surface area (Å²) in [6.45, 7) is 9.20. The van der Waals surface area contributed by atoms with E-state index in [2.05, 4.69) is 32.7 Å². The molecule has 0 spiro atoms. The summed E-state index contributed by atoms with van der Waals surface area (Å²) in [4.78, 5) is 13.5. The Labute approximate surface area is 94.1 Å². The Balaban J connectivity index is 4.16. The van der Waals surface area contributed by atoms with E-state index >= 15 is 0 Å². The molecule has 0 aromatic carbocycles. The normalized spacial score (nSPS) is 11.5. The van der Waals surface area contributed by atoms with Gasteiger partial charge >= 0.3 is 0 Å². The van der Waals surface area contributed by atoms with Gasteiger partial charge in [-0.25, -0.2) is 9.79 Å². The lowest BCUT2D eigenvalue weighted by molar-refractivity contribution is 0.224. The molecule has 0 amide bonds. The fourth-order valence-corrected chi connectivity index (χ4v) is 5.32. The van der Waals surface area contributed by atoms with Crippen LogP contribution in [-0.4, -0.2) is 27.0 Å². The minimum absolute atomic E-state index is 0.311. The molecule has 0 aliphatic heterocycles. The summed E-state index contributed by atoms with van der Waals surface area (Å²) in [5.74, 6) is 0. The smallest absolute Gasteiger partial charge is 0.234 e. The molecule has 0 aliphatic rings. The van der Waals surface area contributed by atoms with Crippen LogP contribution in [0.2, 0.25) is 18.1 Å². The number of carbonyl (C=O) groups excluding carboxylic acids is 1. The largest absolute Gasteiger partial charge is 0.415 e. The summed E-state index contributed by atoms with van der Waals surface area (Å²) < 4.78 is 6.12. The third-order valence-corrected chi connectivity index (χ3v) is 7.55. The third-order valence-electron chi connectivity index (χ3n) is 2.74. The van der Waals surface area contributed by atoms with Crippen molar-refractivity contribution in [3.63, 3.8) is 0 Å². The molecule has 0 N–H and O–H groups in total. The zero-order chi connectivity index (χ0) is 11.7. The van der Waals surface area contributed by atoms with Crippen LogP contribution in [0.4, 0.5) is 0 Å². The van der Waals surface area contributed by atoms with Crippen molar-refractivity contribution in [3.05, 3.63) is 0 Å². The number of isocyanates is 1. The van der Waals surface area contributed by atoms with E-state index < -0.39 is 8.32 Å². The van der Waals surface area contributed by atoms with Gasteiger partial charge in [0.15, 0.2) is 8.32 Å². The van der Waals surface area contributed by atoms with Crippen molar-refractivity contribution in [1.29, 1.82) is 0 Å². The fourth-order valence-electron chi connectivity index (χ4n) is 1.86. The van der Waals surface area contributed by atoms with Crippen molar-refractivity contribution in [2.24, 2.45) is 4.99 Å². The second-order valence-corrected chi connectivity index (χ2v) is 8.65. The van der Waals surface area contributed by atoms with E-state index in [9.17, 15) is 4.79 Å². The summed E-state index contributed by atoms with van der Waals surface area (Å²) in [6, 6.07) is 3.39. The molecule has 88 valence electrons. The fraction of sp³-hybridized carbons (Fsp3) is 0.909. The zero-order valence-corrected chi connectivity index (χ0v) is 11.4. The minimum Gasteiger partial charge on any atom is -0.415 e. The number of nitrogens with zero attached hydrogens (tertiary/aromatic N) is 1. The molecule has 0 aliphatic carbocycles. The average Bonchev–Trinajstić information content (AvgIpc) is 2.22. The predicted octanol–water partition coefficient (Wildman–Crippen LogP) is 3.12. The van der Waals surface area contributed by atoms with Gasteiger partial charge in [-0.05, 0) is 38.4 Å². The number of hydrogen-bond acceptors (Lipinski definition) is 3. The van der Waals surface area contributed by atoms with Crippen LogP contribution in [-0.2, 0) is 9.22 Å². The Morgan fingerprint density at radius 2 is 1.93 bits per heavy atom. The van der Waals surface area contributed by atoms with Crippen molar-refractivity contribution in [2.45, 2.75) is 58.4 Å². The predicted molar refractivity (Wildman–Crippen MR) is 65.3 cm³/mol. The number of aliphatic imine (C=N–C) groups is 1. The highest BCUT2D eigenvalue weighted by Crippen LogP contribution is 2.25. The number of hydrogen-bond donors (Lipinski definition) is 0. The summed E-state index contributed by atoms with van der Waals surface area (Å²) in [6.07, 6.45) is 2.85. The molecular weight excluding hydrogens is 206 g/mol. The van der Waals surface area contributed by atoms with Crippen molar-refractivity contribution in [3.8, 4) is 0 Å². The maximum absolute atomic E-state index is 9.93. The molecule has 0 saturated heterocycles. The maximum Gasteiger partial charge on any atom is 0.234 e. The molecule has 0 fully saturated rings. The van der Waals surface area contributed by atoms with Crippen LogP contribution in [0.25, 0.3) is 0 Å². The quantitative estimate of drug-likeness (QED) is 0.278. The number of rotatable bonds is 8. The molecule has 3 nitrogen and oxygen atoms in total. The molecule has 4 heteroatoms. The lowest BCUT2D eigenvalue weighted by atomic mass is 10.5. The second-order valence-electron chi connectivity index (χ2n) is 4.13. The monoisotopic (exact) mass is 229 g/mol. The molecule has 0 heterocycles. The van der Waals surface area contributed by atoms with E-state index in [1.165, 1.54) is 0 Å². The summed E-state index contributed by atoms with van der Waals surface area (Å²) in [5.41, 5.74) is 0. The Kier molecular flexibility index (Phi) is 7.57. The molecule has 0 bridgehead atoms. The van der Waals surface area contributed by atoms with E-state index in [-0.39, 0.29) is 0 Å². The highest BCUT2D eigenvalue weighted by atomic mass is 28.4. The van der Waals surface area contributed by atoms with Crippen LogP contribution >= 0.6 is 0 Å². The Morgan fingerprint density at radius 1 is 1.33 bits per heavy atom. The lowest BCUT2D eigenvalue weighted by Crippen LogP contribution is -2.39. The first-order chi connectivity index (χ1) is 7.10. The molecule has 0 atom stereocenters. The van der Waals surface area contributed by atoms with Crippen LogP contribution in [0, 0.1) is 0 Å². The first kappa shape index (κ1) is 14.6. The Morgan fingerprint density at radius 3 is 2.33 bits per heavy atom. The molecule has 0 aromatic rings. The van der Waals surface area contributed by atoms with Gasteiger partial charge in [-0.15, -0.1) is 0 Å². The molecule has 15 heavy (non-hydrogen) atoms. The Hall–Kier alpha value is -0.443. The van der Waals surface area contributed by atoms with E-state index in [4.69, 9.17) is 4.43 Å². The molecule has 0 aromatic heterocycles. The standard InChI is InChI=1S/C11H23NO2Si/c1-5-15(6-2,14-11(3)4)9-7-8-12-10-13/h11H,5-9H2,1-4H3. The molecule has 0 unspecified atom stereocenters. The second kappa shape index (κ2) is 7.80. The van der Waals surface area contributed by atoms with Gasteiger partial charge in [-0.3, -0.25) is 0 Å². The van der Waals surface area contributed by atoms with E-state index in [1.807, 2.05) is 0 Å². The zero-order valence-electron chi connectivity index (χ0n) is 10.4. The first-order valence-electron chi connectivity index (χ1n) is 5.81. The van der Waals surface area contributed by atoms with Gasteiger partial charge in [-0.2, -0.15) is 0 Å². The third kappa shape index (κ3) is 5.87. The topological polar surface area (TPSA) is 38.7 Å². The van der Waals surface area contributed by atoms with Crippen molar-refractivity contribution in [2.75, 3.05) is 6.54 Å². The highest BCUT2D eigenvalue weighted by Gasteiger charge is 2.31. The first-order valence-corrected chi connectivity index (χ1v) is 8.34. The minimum atomic E-state index is -1.55. The van der Waals surface area contributed by atoms with Gasteiger partial charge in [0.2, 0.25) is 6.08 Å². The molecule has 0 radical (unpaired) electrons. The van der Waals surface area contributed by atoms with Crippen molar-refractivity contribution < 1.29 is 9.22 Å².